The van der Waals surface area contributed by atoms with Crippen LogP contribution in [0.4, 0.5) is 10.5 Å². The van der Waals surface area contributed by atoms with Gasteiger partial charge in [-0.1, -0.05) is 38.1 Å². The Morgan fingerprint density at radius 3 is 2.41 bits per heavy atom. The molecule has 2 aromatic carbocycles. The van der Waals surface area contributed by atoms with Gasteiger partial charge in [0.25, 0.3) is 0 Å². The highest BCUT2D eigenvalue weighted by Crippen LogP contribution is 2.30. The minimum atomic E-state index is -0.547. The van der Waals surface area contributed by atoms with Crippen LogP contribution in [0.15, 0.2) is 57.7 Å². The molecule has 6 heteroatoms. The van der Waals surface area contributed by atoms with Gasteiger partial charge in [-0.3, -0.25) is 5.32 Å². The molecule has 29 heavy (non-hydrogen) atoms. The average molecular weight is 394 g/mol. The van der Waals surface area contributed by atoms with Crippen LogP contribution in [0, 0.1) is 18.3 Å². The highest BCUT2D eigenvalue weighted by Gasteiger charge is 2.11. The van der Waals surface area contributed by atoms with Crippen molar-refractivity contribution >= 4 is 22.7 Å². The number of anilines is 1. The molecule has 0 bridgehead atoms. The van der Waals surface area contributed by atoms with Gasteiger partial charge in [0.05, 0.1) is 12.7 Å². The van der Waals surface area contributed by atoms with Crippen LogP contribution in [0.3, 0.4) is 0 Å². The summed E-state index contributed by atoms with van der Waals surface area (Å²) >= 11 is 0. The number of rotatable bonds is 3. The number of nitrogens with one attached hydrogen (secondary N) is 1. The van der Waals surface area contributed by atoms with Crippen molar-refractivity contribution in [3.8, 4) is 17.2 Å². The number of hydrogen-bond acceptors (Lipinski definition) is 5. The number of carbonyl (C=O) groups excluding carboxylic acids is 1. The molecule has 0 aliphatic carbocycles. The summed E-state index contributed by atoms with van der Waals surface area (Å²) in [4.78, 5) is 23.5. The van der Waals surface area contributed by atoms with E-state index in [9.17, 15) is 9.59 Å². The van der Waals surface area contributed by atoms with E-state index in [1.807, 2.05) is 51.1 Å². The monoisotopic (exact) mass is 394 g/mol. The Labute approximate surface area is 170 Å². The van der Waals surface area contributed by atoms with Crippen LogP contribution in [0.1, 0.15) is 33.3 Å². The average Bonchev–Trinajstić information content (AvgIpc) is 2.70. The van der Waals surface area contributed by atoms with Crippen molar-refractivity contribution in [1.82, 2.24) is 0 Å². The van der Waals surface area contributed by atoms with Crippen molar-refractivity contribution < 1.29 is 13.9 Å². The fourth-order valence-corrected chi connectivity index (χ4v) is 2.62. The summed E-state index contributed by atoms with van der Waals surface area (Å²) in [6.07, 6.45) is -0.547. The summed E-state index contributed by atoms with van der Waals surface area (Å²) < 4.78 is 10.1. The van der Waals surface area contributed by atoms with E-state index >= 15 is 0 Å². The van der Waals surface area contributed by atoms with Gasteiger partial charge in [0, 0.05) is 35.7 Å². The fourth-order valence-electron chi connectivity index (χ4n) is 2.62. The molecule has 0 aliphatic heterocycles. The second kappa shape index (κ2) is 12.0. The number of fused-ring (bicyclic) bond motifs is 1. The molecule has 1 amide bonds. The number of carbonyl (C=O) groups is 1. The first kappa shape index (κ1) is 23.4. The number of benzene rings is 2. The van der Waals surface area contributed by atoms with E-state index in [1.165, 1.54) is 13.0 Å². The van der Waals surface area contributed by atoms with Gasteiger partial charge in [-0.05, 0) is 37.1 Å². The minimum Gasteiger partial charge on any atom is -0.450 e. The summed E-state index contributed by atoms with van der Waals surface area (Å²) in [6, 6.07) is 16.3. The third-order valence-electron chi connectivity index (χ3n) is 3.70. The Morgan fingerprint density at radius 1 is 1.14 bits per heavy atom. The zero-order valence-corrected chi connectivity index (χ0v) is 17.4. The van der Waals surface area contributed by atoms with Crippen LogP contribution in [-0.4, -0.2) is 12.7 Å². The molecule has 1 heterocycles. The molecular formula is C23H26N2O4. The molecular weight excluding hydrogens is 368 g/mol. The van der Waals surface area contributed by atoms with Crippen LogP contribution in [0.5, 0.6) is 0 Å². The van der Waals surface area contributed by atoms with E-state index in [0.29, 0.717) is 11.3 Å². The van der Waals surface area contributed by atoms with E-state index in [2.05, 4.69) is 5.32 Å². The van der Waals surface area contributed by atoms with E-state index in [0.717, 1.165) is 22.1 Å². The summed E-state index contributed by atoms with van der Waals surface area (Å²) in [7, 11) is 0. The fraction of sp³-hybridized carbons (Fsp3) is 0.261. The normalized spacial score (nSPS) is 9.24. The van der Waals surface area contributed by atoms with Crippen molar-refractivity contribution in [1.29, 1.82) is 5.26 Å². The van der Waals surface area contributed by atoms with Gasteiger partial charge in [0.2, 0.25) is 0 Å². The van der Waals surface area contributed by atoms with Gasteiger partial charge < -0.3 is 9.15 Å². The zero-order chi connectivity index (χ0) is 21.8. The molecule has 0 radical (unpaired) electrons. The molecule has 0 saturated carbocycles. The first-order chi connectivity index (χ1) is 14.0. The second-order valence-corrected chi connectivity index (χ2v) is 5.57. The van der Waals surface area contributed by atoms with Gasteiger partial charge in [-0.2, -0.15) is 5.26 Å². The number of aryl methyl sites for hydroxylation is 1. The first-order valence-electron chi connectivity index (χ1n) is 9.38. The van der Waals surface area contributed by atoms with Crippen molar-refractivity contribution in [2.24, 2.45) is 0 Å². The lowest BCUT2D eigenvalue weighted by molar-refractivity contribution is 0.168. The largest absolute Gasteiger partial charge is 0.450 e. The molecule has 3 rings (SSSR count). The summed E-state index contributed by atoms with van der Waals surface area (Å²) in [6.45, 7) is 9.44. The van der Waals surface area contributed by atoms with Gasteiger partial charge in [-0.25, -0.2) is 9.59 Å². The quantitative estimate of drug-likeness (QED) is 0.559. The molecule has 1 aromatic heterocycles. The first-order valence-corrected chi connectivity index (χ1v) is 9.38. The number of hydrogen-bond donors (Lipinski definition) is 1. The third-order valence-corrected chi connectivity index (χ3v) is 3.70. The molecule has 0 spiro atoms. The van der Waals surface area contributed by atoms with Crippen molar-refractivity contribution in [3.05, 3.63) is 64.5 Å². The maximum Gasteiger partial charge on any atom is 0.411 e. The van der Waals surface area contributed by atoms with E-state index in [1.54, 1.807) is 25.1 Å². The van der Waals surface area contributed by atoms with Crippen molar-refractivity contribution in [2.45, 2.75) is 34.6 Å². The highest BCUT2D eigenvalue weighted by molar-refractivity contribution is 5.97. The lowest BCUT2D eigenvalue weighted by Gasteiger charge is -2.10. The minimum absolute atomic E-state index is 0.284. The van der Waals surface area contributed by atoms with Crippen LogP contribution < -0.4 is 10.9 Å². The molecule has 0 saturated heterocycles. The highest BCUT2D eigenvalue weighted by atomic mass is 16.5. The smallest absolute Gasteiger partial charge is 0.411 e. The van der Waals surface area contributed by atoms with Gasteiger partial charge in [0.15, 0.2) is 0 Å². The summed E-state index contributed by atoms with van der Waals surface area (Å²) in [5, 5.41) is 10.7. The second-order valence-electron chi connectivity index (χ2n) is 5.57. The molecule has 1 N–H and O–H groups in total. The predicted octanol–water partition coefficient (Wildman–Crippen LogP) is 5.89. The molecule has 0 unspecified atom stereocenters. The van der Waals surface area contributed by atoms with Crippen molar-refractivity contribution in [2.75, 3.05) is 11.9 Å². The number of ether oxygens (including phenoxy) is 1. The molecule has 152 valence electrons. The van der Waals surface area contributed by atoms with Gasteiger partial charge in [0.1, 0.15) is 5.58 Å². The van der Waals surface area contributed by atoms with Crippen LogP contribution in [0.25, 0.3) is 22.1 Å². The number of amides is 1. The molecule has 0 atom stereocenters. The molecule has 0 aliphatic rings. The molecule has 6 nitrogen and oxygen atoms in total. The Morgan fingerprint density at radius 2 is 1.79 bits per heavy atom. The number of nitriles is 1. The topological polar surface area (TPSA) is 92.3 Å². The third kappa shape index (κ3) is 6.51. The van der Waals surface area contributed by atoms with Gasteiger partial charge in [-0.15, -0.1) is 0 Å². The lowest BCUT2D eigenvalue weighted by Crippen LogP contribution is -2.13. The molecule has 3 aromatic rings. The van der Waals surface area contributed by atoms with E-state index in [-0.39, 0.29) is 6.61 Å². The SMILES string of the molecule is CC.CC#N.CCOC(=O)Nc1ccc2c(-c3ccccc3C)cc(=O)oc2c1. The van der Waals surface area contributed by atoms with Crippen molar-refractivity contribution in [3.63, 3.8) is 0 Å². The predicted molar refractivity (Wildman–Crippen MR) is 116 cm³/mol. The lowest BCUT2D eigenvalue weighted by atomic mass is 9.98. The molecule has 0 fully saturated rings. The number of nitrogens with zero attached hydrogens (tertiary/aromatic N) is 1. The van der Waals surface area contributed by atoms with Crippen LogP contribution in [0.2, 0.25) is 0 Å². The Hall–Kier alpha value is -3.59. The standard InChI is InChI=1S/C19H17NO4.C2H3N.C2H6/c1-3-23-19(22)20-13-8-9-15-16(11-18(21)24-17(15)10-13)14-7-5-4-6-12(14)2;1-2-3;1-2/h4-11H,3H2,1-2H3,(H,20,22);1H3;1-2H3. The zero-order valence-electron chi connectivity index (χ0n) is 17.4. The maximum absolute atomic E-state index is 11.9. The van der Waals surface area contributed by atoms with Crippen LogP contribution in [-0.2, 0) is 4.74 Å². The maximum atomic E-state index is 11.9. The van der Waals surface area contributed by atoms with E-state index in [4.69, 9.17) is 14.4 Å². The Kier molecular flexibility index (Phi) is 9.69. The summed E-state index contributed by atoms with van der Waals surface area (Å²) in [5.74, 6) is 0. The summed E-state index contributed by atoms with van der Waals surface area (Å²) in [5.41, 5.74) is 3.33. The van der Waals surface area contributed by atoms with Crippen LogP contribution >= 0.6 is 0 Å². The Bertz CT molecular complexity index is 1050. The Balaban J connectivity index is 0.000000771. The van der Waals surface area contributed by atoms with Gasteiger partial charge >= 0.3 is 11.7 Å². The van der Waals surface area contributed by atoms with E-state index < -0.39 is 11.7 Å².